The number of hydrogen-bond donors (Lipinski definition) is 1. The second-order valence-electron chi connectivity index (χ2n) is 3.94. The van der Waals surface area contributed by atoms with Crippen LogP contribution in [0.3, 0.4) is 0 Å². The highest BCUT2D eigenvalue weighted by Gasteiger charge is 2.31. The van der Waals surface area contributed by atoms with Gasteiger partial charge >= 0.3 is 0 Å². The maximum Gasteiger partial charge on any atom is 0.0701 e. The number of rotatable bonds is 2. The first-order chi connectivity index (χ1) is 7.61. The number of nitrogens with zero attached hydrogens (tertiary/aromatic N) is 2. The minimum atomic E-state index is 0.0506. The van der Waals surface area contributed by atoms with Gasteiger partial charge in [0.25, 0.3) is 0 Å². The summed E-state index contributed by atoms with van der Waals surface area (Å²) in [5.74, 6) is 2.43. The Morgan fingerprint density at radius 3 is 2.81 bits per heavy atom. The summed E-state index contributed by atoms with van der Waals surface area (Å²) in [7, 11) is 1.95. The molecule has 2 heterocycles. The van der Waals surface area contributed by atoms with Crippen LogP contribution in [0, 0.1) is 0 Å². The summed E-state index contributed by atoms with van der Waals surface area (Å²) in [6, 6.07) is 0.0506. The van der Waals surface area contributed by atoms with Gasteiger partial charge in [-0.2, -0.15) is 28.6 Å². The van der Waals surface area contributed by atoms with E-state index in [2.05, 4.69) is 28.0 Å². The summed E-state index contributed by atoms with van der Waals surface area (Å²) >= 11 is 7.53. The van der Waals surface area contributed by atoms with Crippen LogP contribution < -0.4 is 5.73 Å². The van der Waals surface area contributed by atoms with E-state index in [1.54, 1.807) is 0 Å². The average molecular weight is 322 g/mol. The Kier molecular flexibility index (Phi) is 4.26. The summed E-state index contributed by atoms with van der Waals surface area (Å²) in [6.07, 6.45) is 1.82. The zero-order valence-electron chi connectivity index (χ0n) is 9.39. The molecule has 2 N–H and O–H groups in total. The third-order valence-electron chi connectivity index (χ3n) is 2.84. The fourth-order valence-electron chi connectivity index (χ4n) is 1.99. The predicted octanol–water partition coefficient (Wildman–Crippen LogP) is 2.42. The molecular formula is C10H16BrN3S2. The lowest BCUT2D eigenvalue weighted by atomic mass is 10.1. The van der Waals surface area contributed by atoms with Gasteiger partial charge in [-0.05, 0) is 15.9 Å². The van der Waals surface area contributed by atoms with Gasteiger partial charge in [0.2, 0.25) is 0 Å². The number of aromatic nitrogens is 2. The van der Waals surface area contributed by atoms with E-state index in [4.69, 9.17) is 5.73 Å². The van der Waals surface area contributed by atoms with E-state index >= 15 is 0 Å². The van der Waals surface area contributed by atoms with Gasteiger partial charge in [-0.1, -0.05) is 6.92 Å². The molecule has 90 valence electrons. The molecule has 1 fully saturated rings. The topological polar surface area (TPSA) is 43.8 Å². The Hall–Kier alpha value is 0.350. The van der Waals surface area contributed by atoms with Gasteiger partial charge in [-0.3, -0.25) is 4.68 Å². The normalized spacial score (nSPS) is 28.0. The molecule has 6 heteroatoms. The number of halogens is 1. The molecule has 0 saturated carbocycles. The Morgan fingerprint density at radius 1 is 1.56 bits per heavy atom. The van der Waals surface area contributed by atoms with Crippen molar-refractivity contribution >= 4 is 39.5 Å². The van der Waals surface area contributed by atoms with Crippen LogP contribution >= 0.6 is 39.5 Å². The molecule has 16 heavy (non-hydrogen) atoms. The van der Waals surface area contributed by atoms with Gasteiger partial charge in [0.1, 0.15) is 0 Å². The third-order valence-corrected chi connectivity index (χ3v) is 6.67. The summed E-state index contributed by atoms with van der Waals surface area (Å²) in [5.41, 5.74) is 7.48. The maximum atomic E-state index is 6.38. The fraction of sp³-hybridized carbons (Fsp3) is 0.700. The van der Waals surface area contributed by atoms with Crippen molar-refractivity contribution in [2.24, 2.45) is 12.8 Å². The van der Waals surface area contributed by atoms with Crippen molar-refractivity contribution in [3.63, 3.8) is 0 Å². The van der Waals surface area contributed by atoms with E-state index in [1.165, 1.54) is 11.5 Å². The lowest BCUT2D eigenvalue weighted by Crippen LogP contribution is -2.35. The Bertz CT molecular complexity index is 349. The average Bonchev–Trinajstić information content (AvgIpc) is 2.58. The SMILES string of the molecule is CC1SCCSC1C(N)c1c(Br)cnn1C. The van der Waals surface area contributed by atoms with Crippen molar-refractivity contribution in [2.45, 2.75) is 23.5 Å². The van der Waals surface area contributed by atoms with Gasteiger partial charge in [-0.15, -0.1) is 0 Å². The molecule has 1 saturated heterocycles. The fourth-order valence-corrected chi connectivity index (χ4v) is 5.46. The highest BCUT2D eigenvalue weighted by Crippen LogP contribution is 2.38. The molecule has 3 nitrogen and oxygen atoms in total. The van der Waals surface area contributed by atoms with Crippen LogP contribution in [0.1, 0.15) is 18.7 Å². The van der Waals surface area contributed by atoms with Crippen LogP contribution in [0.5, 0.6) is 0 Å². The summed E-state index contributed by atoms with van der Waals surface area (Å²) in [4.78, 5) is 0. The van der Waals surface area contributed by atoms with Crippen molar-refractivity contribution in [3.8, 4) is 0 Å². The number of nitrogens with two attached hydrogens (primary N) is 1. The quantitative estimate of drug-likeness (QED) is 0.908. The van der Waals surface area contributed by atoms with Crippen LogP contribution in [0.4, 0.5) is 0 Å². The number of hydrogen-bond acceptors (Lipinski definition) is 4. The molecular weight excluding hydrogens is 306 g/mol. The second kappa shape index (κ2) is 5.33. The molecule has 1 aliphatic heterocycles. The monoisotopic (exact) mass is 321 g/mol. The zero-order chi connectivity index (χ0) is 11.7. The van der Waals surface area contributed by atoms with E-state index in [1.807, 2.05) is 41.5 Å². The zero-order valence-corrected chi connectivity index (χ0v) is 12.6. The minimum Gasteiger partial charge on any atom is -0.322 e. The largest absolute Gasteiger partial charge is 0.322 e. The van der Waals surface area contributed by atoms with Crippen LogP contribution in [0.2, 0.25) is 0 Å². The number of thioether (sulfide) groups is 2. The van der Waals surface area contributed by atoms with Crippen molar-refractivity contribution < 1.29 is 0 Å². The van der Waals surface area contributed by atoms with E-state index in [0.717, 1.165) is 10.2 Å². The molecule has 3 unspecified atom stereocenters. The van der Waals surface area contributed by atoms with E-state index in [0.29, 0.717) is 10.5 Å². The van der Waals surface area contributed by atoms with Crippen LogP contribution in [0.25, 0.3) is 0 Å². The molecule has 0 radical (unpaired) electrons. The first kappa shape index (κ1) is 12.8. The standard InChI is InChI=1S/C10H16BrN3S2/c1-6-10(16-4-3-15-6)8(12)9-7(11)5-13-14(9)2/h5-6,8,10H,3-4,12H2,1-2H3. The van der Waals surface area contributed by atoms with Crippen molar-refractivity contribution in [1.82, 2.24) is 9.78 Å². The Balaban J connectivity index is 2.20. The highest BCUT2D eigenvalue weighted by atomic mass is 79.9. The molecule has 1 aromatic rings. The maximum absolute atomic E-state index is 6.38. The van der Waals surface area contributed by atoms with E-state index in [-0.39, 0.29) is 6.04 Å². The molecule has 3 atom stereocenters. The second-order valence-corrected chi connectivity index (χ2v) is 7.56. The number of aryl methyl sites for hydroxylation is 1. The van der Waals surface area contributed by atoms with Gasteiger partial charge < -0.3 is 5.73 Å². The first-order valence-corrected chi connectivity index (χ1v) is 8.16. The lowest BCUT2D eigenvalue weighted by molar-refractivity contribution is 0.589. The van der Waals surface area contributed by atoms with Crippen molar-refractivity contribution in [3.05, 3.63) is 16.4 Å². The summed E-state index contributed by atoms with van der Waals surface area (Å²) < 4.78 is 2.90. The Morgan fingerprint density at radius 2 is 2.25 bits per heavy atom. The molecule has 0 amide bonds. The molecule has 0 aliphatic carbocycles. The van der Waals surface area contributed by atoms with Gasteiger partial charge in [0.05, 0.1) is 22.4 Å². The highest BCUT2D eigenvalue weighted by molar-refractivity contribution is 9.10. The lowest BCUT2D eigenvalue weighted by Gasteiger charge is -2.32. The van der Waals surface area contributed by atoms with Gasteiger partial charge in [0.15, 0.2) is 0 Å². The van der Waals surface area contributed by atoms with Gasteiger partial charge in [-0.25, -0.2) is 0 Å². The summed E-state index contributed by atoms with van der Waals surface area (Å²) in [5, 5.41) is 5.32. The molecule has 1 aliphatic rings. The Labute approximate surface area is 113 Å². The van der Waals surface area contributed by atoms with Crippen molar-refractivity contribution in [1.29, 1.82) is 0 Å². The molecule has 0 bridgehead atoms. The van der Waals surface area contributed by atoms with Gasteiger partial charge in [0, 0.05) is 29.1 Å². The molecule has 0 aromatic carbocycles. The third kappa shape index (κ3) is 2.44. The first-order valence-electron chi connectivity index (χ1n) is 5.27. The van der Waals surface area contributed by atoms with E-state index in [9.17, 15) is 0 Å². The van der Waals surface area contributed by atoms with Crippen molar-refractivity contribution in [2.75, 3.05) is 11.5 Å². The molecule has 2 rings (SSSR count). The van der Waals surface area contributed by atoms with E-state index < -0.39 is 0 Å². The summed E-state index contributed by atoms with van der Waals surface area (Å²) in [6.45, 7) is 2.27. The molecule has 0 spiro atoms. The van der Waals surface area contributed by atoms with Crippen LogP contribution in [-0.4, -0.2) is 31.8 Å². The molecule has 1 aromatic heterocycles. The smallest absolute Gasteiger partial charge is 0.0701 e. The minimum absolute atomic E-state index is 0.0506. The van der Waals surface area contributed by atoms with Crippen LogP contribution in [-0.2, 0) is 7.05 Å². The predicted molar refractivity (Wildman–Crippen MR) is 76.0 cm³/mol. The van der Waals surface area contributed by atoms with Crippen LogP contribution in [0.15, 0.2) is 10.7 Å².